The van der Waals surface area contributed by atoms with Gasteiger partial charge in [0.15, 0.2) is 0 Å². The van der Waals surface area contributed by atoms with Gasteiger partial charge in [0.25, 0.3) is 5.91 Å². The van der Waals surface area contributed by atoms with E-state index in [2.05, 4.69) is 15.6 Å². The van der Waals surface area contributed by atoms with Crippen LogP contribution in [0, 0.1) is 5.82 Å². The second-order valence-corrected chi connectivity index (χ2v) is 6.51. The van der Waals surface area contributed by atoms with E-state index >= 15 is 0 Å². The fraction of sp³-hybridized carbons (Fsp3) is 0.143. The van der Waals surface area contributed by atoms with E-state index in [1.807, 2.05) is 12.1 Å². The maximum atomic E-state index is 12.9. The van der Waals surface area contributed by atoms with Crippen LogP contribution in [0.25, 0.3) is 0 Å². The van der Waals surface area contributed by atoms with Crippen molar-refractivity contribution in [2.24, 2.45) is 0 Å². The lowest BCUT2D eigenvalue weighted by Gasteiger charge is -2.09. The summed E-state index contributed by atoms with van der Waals surface area (Å²) < 4.78 is 12.9. The maximum absolute atomic E-state index is 12.9. The predicted octanol–water partition coefficient (Wildman–Crippen LogP) is 4.46. The minimum atomic E-state index is -0.242. The number of nitrogens with zero attached hydrogens (tertiary/aromatic N) is 1. The SMILES string of the molecule is O=C(NCc1ccc(Cl)cc1)c1cncc(NCCc2ccc(F)cc2)c1. The highest BCUT2D eigenvalue weighted by Crippen LogP contribution is 2.11. The van der Waals surface area contributed by atoms with Gasteiger partial charge in [-0.3, -0.25) is 9.78 Å². The first-order chi connectivity index (χ1) is 13.1. The number of benzene rings is 2. The Hall–Kier alpha value is -2.92. The van der Waals surface area contributed by atoms with Gasteiger partial charge in [0.2, 0.25) is 0 Å². The number of carbonyl (C=O) groups excluding carboxylic acids is 1. The first kappa shape index (κ1) is 18.9. The van der Waals surface area contributed by atoms with E-state index in [9.17, 15) is 9.18 Å². The number of carbonyl (C=O) groups is 1. The zero-order valence-corrected chi connectivity index (χ0v) is 15.3. The molecule has 0 aliphatic heterocycles. The molecule has 2 aromatic carbocycles. The van der Waals surface area contributed by atoms with E-state index in [1.54, 1.807) is 36.5 Å². The van der Waals surface area contributed by atoms with Gasteiger partial charge < -0.3 is 10.6 Å². The number of anilines is 1. The Labute approximate surface area is 162 Å². The fourth-order valence-corrected chi connectivity index (χ4v) is 2.68. The van der Waals surface area contributed by atoms with Crippen LogP contribution in [0.4, 0.5) is 10.1 Å². The first-order valence-corrected chi connectivity index (χ1v) is 8.94. The number of nitrogens with one attached hydrogen (secondary N) is 2. The Morgan fingerprint density at radius 2 is 1.70 bits per heavy atom. The molecule has 1 amide bonds. The van der Waals surface area contributed by atoms with Crippen molar-refractivity contribution in [3.05, 3.63) is 94.5 Å². The van der Waals surface area contributed by atoms with Crippen LogP contribution in [0.2, 0.25) is 5.02 Å². The molecule has 0 fully saturated rings. The third-order valence-corrected chi connectivity index (χ3v) is 4.27. The molecule has 2 N–H and O–H groups in total. The molecule has 27 heavy (non-hydrogen) atoms. The van der Waals surface area contributed by atoms with Crippen LogP contribution in [0.3, 0.4) is 0 Å². The van der Waals surface area contributed by atoms with E-state index in [0.29, 0.717) is 23.7 Å². The maximum Gasteiger partial charge on any atom is 0.253 e. The molecule has 1 heterocycles. The largest absolute Gasteiger partial charge is 0.383 e. The van der Waals surface area contributed by atoms with Crippen LogP contribution in [0.15, 0.2) is 67.0 Å². The summed E-state index contributed by atoms with van der Waals surface area (Å²) in [5.41, 5.74) is 3.25. The Morgan fingerprint density at radius 3 is 2.44 bits per heavy atom. The van der Waals surface area contributed by atoms with Crippen LogP contribution in [0.5, 0.6) is 0 Å². The number of hydrogen-bond donors (Lipinski definition) is 2. The van der Waals surface area contributed by atoms with Crippen molar-refractivity contribution >= 4 is 23.2 Å². The average Bonchev–Trinajstić information content (AvgIpc) is 2.69. The van der Waals surface area contributed by atoms with Crippen molar-refractivity contribution in [3.63, 3.8) is 0 Å². The molecule has 0 saturated carbocycles. The summed E-state index contributed by atoms with van der Waals surface area (Å²) in [7, 11) is 0. The molecular formula is C21H19ClFN3O. The summed E-state index contributed by atoms with van der Waals surface area (Å²) >= 11 is 5.86. The Morgan fingerprint density at radius 1 is 1.00 bits per heavy atom. The van der Waals surface area contributed by atoms with Gasteiger partial charge in [-0.25, -0.2) is 4.39 Å². The normalized spacial score (nSPS) is 10.4. The second kappa shape index (κ2) is 9.14. The van der Waals surface area contributed by atoms with E-state index in [0.717, 1.165) is 23.2 Å². The van der Waals surface area contributed by atoms with Crippen LogP contribution in [0.1, 0.15) is 21.5 Å². The quantitative estimate of drug-likeness (QED) is 0.633. The first-order valence-electron chi connectivity index (χ1n) is 8.56. The van der Waals surface area contributed by atoms with Crippen LogP contribution >= 0.6 is 11.6 Å². The molecule has 0 atom stereocenters. The molecule has 4 nitrogen and oxygen atoms in total. The van der Waals surface area contributed by atoms with Gasteiger partial charge in [0.1, 0.15) is 5.82 Å². The highest BCUT2D eigenvalue weighted by atomic mass is 35.5. The van der Waals surface area contributed by atoms with Crippen LogP contribution < -0.4 is 10.6 Å². The molecule has 3 aromatic rings. The molecule has 0 bridgehead atoms. The number of amides is 1. The van der Waals surface area contributed by atoms with E-state index < -0.39 is 0 Å². The van der Waals surface area contributed by atoms with Crippen molar-refractivity contribution in [1.82, 2.24) is 10.3 Å². The third-order valence-electron chi connectivity index (χ3n) is 4.02. The zero-order chi connectivity index (χ0) is 19.1. The smallest absolute Gasteiger partial charge is 0.253 e. The molecular weight excluding hydrogens is 365 g/mol. The molecule has 0 aliphatic carbocycles. The Bertz CT molecular complexity index is 898. The average molecular weight is 384 g/mol. The summed E-state index contributed by atoms with van der Waals surface area (Å²) in [6.07, 6.45) is 3.94. The van der Waals surface area contributed by atoms with Gasteiger partial charge in [-0.15, -0.1) is 0 Å². The van der Waals surface area contributed by atoms with Gasteiger partial charge in [0.05, 0.1) is 11.3 Å². The van der Waals surface area contributed by atoms with Crippen LogP contribution in [-0.2, 0) is 13.0 Å². The number of pyridine rings is 1. The summed E-state index contributed by atoms with van der Waals surface area (Å²) in [5, 5.41) is 6.76. The van der Waals surface area contributed by atoms with E-state index in [-0.39, 0.29) is 11.7 Å². The summed E-state index contributed by atoms with van der Waals surface area (Å²) in [5.74, 6) is -0.437. The van der Waals surface area contributed by atoms with E-state index in [1.165, 1.54) is 18.3 Å². The fourth-order valence-electron chi connectivity index (χ4n) is 2.55. The molecule has 0 unspecified atom stereocenters. The van der Waals surface area contributed by atoms with E-state index in [4.69, 9.17) is 11.6 Å². The lowest BCUT2D eigenvalue weighted by Crippen LogP contribution is -2.23. The number of hydrogen-bond acceptors (Lipinski definition) is 3. The summed E-state index contributed by atoms with van der Waals surface area (Å²) in [6.45, 7) is 1.07. The molecule has 6 heteroatoms. The summed E-state index contributed by atoms with van der Waals surface area (Å²) in [6, 6.07) is 15.5. The zero-order valence-electron chi connectivity index (χ0n) is 14.6. The van der Waals surface area contributed by atoms with Crippen molar-refractivity contribution in [2.45, 2.75) is 13.0 Å². The summed E-state index contributed by atoms with van der Waals surface area (Å²) in [4.78, 5) is 16.4. The molecule has 1 aromatic heterocycles. The Balaban J connectivity index is 1.52. The van der Waals surface area contributed by atoms with Gasteiger partial charge in [-0.1, -0.05) is 35.9 Å². The van der Waals surface area contributed by atoms with Crippen molar-refractivity contribution in [3.8, 4) is 0 Å². The number of aromatic nitrogens is 1. The third kappa shape index (κ3) is 5.79. The van der Waals surface area contributed by atoms with Gasteiger partial charge in [-0.05, 0) is 47.9 Å². The Kier molecular flexibility index (Phi) is 6.39. The minimum Gasteiger partial charge on any atom is -0.383 e. The molecule has 0 spiro atoms. The van der Waals surface area contributed by atoms with Crippen molar-refractivity contribution in [1.29, 1.82) is 0 Å². The van der Waals surface area contributed by atoms with Gasteiger partial charge in [-0.2, -0.15) is 0 Å². The molecule has 0 radical (unpaired) electrons. The van der Waals surface area contributed by atoms with Gasteiger partial charge >= 0.3 is 0 Å². The predicted molar refractivity (Wildman–Crippen MR) is 105 cm³/mol. The molecule has 138 valence electrons. The molecule has 0 aliphatic rings. The van der Waals surface area contributed by atoms with Crippen molar-refractivity contribution < 1.29 is 9.18 Å². The standard InChI is InChI=1S/C21H19ClFN3O/c22-18-5-1-16(2-6-18)12-26-21(27)17-11-20(14-24-13-17)25-10-9-15-3-7-19(23)8-4-15/h1-8,11,13-14,25H,9-10,12H2,(H,26,27). The lowest BCUT2D eigenvalue weighted by atomic mass is 10.1. The highest BCUT2D eigenvalue weighted by Gasteiger charge is 2.07. The van der Waals surface area contributed by atoms with Gasteiger partial charge in [0, 0.05) is 30.5 Å². The topological polar surface area (TPSA) is 54.0 Å². The minimum absolute atomic E-state index is 0.195. The molecule has 0 saturated heterocycles. The monoisotopic (exact) mass is 383 g/mol. The van der Waals surface area contributed by atoms with Crippen LogP contribution in [-0.4, -0.2) is 17.4 Å². The number of halogens is 2. The number of rotatable bonds is 7. The highest BCUT2D eigenvalue weighted by molar-refractivity contribution is 6.30. The van der Waals surface area contributed by atoms with Crippen molar-refractivity contribution in [2.75, 3.05) is 11.9 Å². The lowest BCUT2D eigenvalue weighted by molar-refractivity contribution is 0.0950. The molecule has 3 rings (SSSR count). The second-order valence-electron chi connectivity index (χ2n) is 6.07.